The molecule has 4 rings (SSSR count). The number of nitrogens with one attached hydrogen (secondary N) is 1. The number of hydrogen-bond acceptors (Lipinski definition) is 3. The van der Waals surface area contributed by atoms with Crippen molar-refractivity contribution in [3.05, 3.63) is 82.0 Å². The summed E-state index contributed by atoms with van der Waals surface area (Å²) >= 11 is 11.9. The molecule has 172 valence electrons. The highest BCUT2D eigenvalue weighted by molar-refractivity contribution is 6.42. The zero-order chi connectivity index (χ0) is 23.3. The van der Waals surface area contributed by atoms with Crippen LogP contribution in [-0.4, -0.2) is 10.9 Å². The Morgan fingerprint density at radius 1 is 1.03 bits per heavy atom. The van der Waals surface area contributed by atoms with Crippen LogP contribution in [0.2, 0.25) is 10.0 Å². The molecule has 0 spiro atoms. The van der Waals surface area contributed by atoms with Gasteiger partial charge in [-0.25, -0.2) is 4.98 Å². The van der Waals surface area contributed by atoms with E-state index in [1.54, 1.807) is 30.5 Å². The molecule has 0 atom stereocenters. The quantitative estimate of drug-likeness (QED) is 0.350. The lowest BCUT2D eigenvalue weighted by Crippen LogP contribution is -2.12. The van der Waals surface area contributed by atoms with Gasteiger partial charge < -0.3 is 10.1 Å². The topological polar surface area (TPSA) is 51.2 Å². The average Bonchev–Trinajstić information content (AvgIpc) is 3.24. The Morgan fingerprint density at radius 3 is 2.45 bits per heavy atom. The van der Waals surface area contributed by atoms with Crippen LogP contribution in [0.1, 0.15) is 61.4 Å². The highest BCUT2D eigenvalue weighted by Gasteiger charge is 2.27. The molecule has 33 heavy (non-hydrogen) atoms. The van der Waals surface area contributed by atoms with E-state index in [-0.39, 0.29) is 5.91 Å². The molecule has 2 aromatic carbocycles. The average molecular weight is 483 g/mol. The van der Waals surface area contributed by atoms with Crippen molar-refractivity contribution in [2.24, 2.45) is 5.41 Å². The van der Waals surface area contributed by atoms with Gasteiger partial charge in [0.05, 0.1) is 21.9 Å². The number of aromatic nitrogens is 1. The number of rotatable bonds is 8. The van der Waals surface area contributed by atoms with E-state index in [9.17, 15) is 4.79 Å². The minimum absolute atomic E-state index is 0.290. The van der Waals surface area contributed by atoms with Gasteiger partial charge in [0.1, 0.15) is 5.75 Å². The number of anilines is 1. The van der Waals surface area contributed by atoms with Crippen molar-refractivity contribution in [2.45, 2.75) is 51.9 Å². The maximum Gasteiger partial charge on any atom is 0.255 e. The standard InChI is InChI=1S/C27H28Cl2N2O2/c1-27(14-2-3-15-27)16-4-5-19-6-10-22(11-7-19)33-25-13-9-21(18-30-25)31-26(32)20-8-12-23(28)24(29)17-20/h6-13,17-18H,2-5,14-16H2,1H3,(H,31,32). The van der Waals surface area contributed by atoms with Gasteiger partial charge in [0.15, 0.2) is 0 Å². The van der Waals surface area contributed by atoms with E-state index < -0.39 is 0 Å². The van der Waals surface area contributed by atoms with Crippen molar-refractivity contribution in [2.75, 3.05) is 5.32 Å². The lowest BCUT2D eigenvalue weighted by Gasteiger charge is -2.23. The third-order valence-corrected chi connectivity index (χ3v) is 7.12. The van der Waals surface area contributed by atoms with Crippen molar-refractivity contribution in [1.82, 2.24) is 4.98 Å². The molecule has 1 fully saturated rings. The second-order valence-corrected chi connectivity index (χ2v) is 9.90. The summed E-state index contributed by atoms with van der Waals surface area (Å²) in [5, 5.41) is 3.53. The van der Waals surface area contributed by atoms with E-state index in [1.165, 1.54) is 50.2 Å². The Kier molecular flexibility index (Phi) is 7.56. The Labute approximate surface area is 205 Å². The first-order chi connectivity index (χ1) is 15.9. The molecule has 4 nitrogen and oxygen atoms in total. The molecule has 1 amide bonds. The van der Waals surface area contributed by atoms with E-state index in [1.807, 2.05) is 12.1 Å². The number of pyridine rings is 1. The van der Waals surface area contributed by atoms with Crippen LogP contribution in [0, 0.1) is 5.41 Å². The zero-order valence-corrected chi connectivity index (χ0v) is 20.3. The maximum absolute atomic E-state index is 12.4. The molecule has 1 aliphatic carbocycles. The van der Waals surface area contributed by atoms with Gasteiger partial charge >= 0.3 is 0 Å². The van der Waals surface area contributed by atoms with Gasteiger partial charge in [-0.1, -0.05) is 55.1 Å². The van der Waals surface area contributed by atoms with Crippen molar-refractivity contribution < 1.29 is 9.53 Å². The normalized spacial score (nSPS) is 14.8. The van der Waals surface area contributed by atoms with Crippen molar-refractivity contribution in [3.8, 4) is 11.6 Å². The maximum atomic E-state index is 12.4. The third kappa shape index (κ3) is 6.49. The van der Waals surface area contributed by atoms with Gasteiger partial charge in [0.2, 0.25) is 5.88 Å². The highest BCUT2D eigenvalue weighted by atomic mass is 35.5. The Morgan fingerprint density at radius 2 is 1.79 bits per heavy atom. The molecule has 1 N–H and O–H groups in total. The summed E-state index contributed by atoms with van der Waals surface area (Å²) in [7, 11) is 0. The van der Waals surface area contributed by atoms with E-state index in [0.717, 1.165) is 12.2 Å². The fourth-order valence-corrected chi connectivity index (χ4v) is 4.70. The number of halogens is 2. The first-order valence-corrected chi connectivity index (χ1v) is 12.2. The fraction of sp³-hybridized carbons (Fsp3) is 0.333. The molecule has 3 aromatic rings. The molecule has 6 heteroatoms. The smallest absolute Gasteiger partial charge is 0.255 e. The predicted molar refractivity (Wildman–Crippen MR) is 135 cm³/mol. The molecular weight excluding hydrogens is 455 g/mol. The number of carbonyl (C=O) groups is 1. The van der Waals surface area contributed by atoms with E-state index in [0.29, 0.717) is 32.6 Å². The molecule has 0 aliphatic heterocycles. The number of amides is 1. The summed E-state index contributed by atoms with van der Waals surface area (Å²) in [5.41, 5.74) is 2.87. The van der Waals surface area contributed by atoms with Crippen molar-refractivity contribution >= 4 is 34.8 Å². The lowest BCUT2D eigenvalue weighted by atomic mass is 9.83. The Balaban J connectivity index is 1.27. The number of nitrogens with zero attached hydrogens (tertiary/aromatic N) is 1. The van der Waals surface area contributed by atoms with E-state index >= 15 is 0 Å². The molecule has 1 aliphatic rings. The van der Waals surface area contributed by atoms with Crippen LogP contribution in [0.5, 0.6) is 11.6 Å². The Bertz CT molecular complexity index is 1090. The first-order valence-electron chi connectivity index (χ1n) is 11.4. The summed E-state index contributed by atoms with van der Waals surface area (Å²) in [6, 6.07) is 16.4. The minimum atomic E-state index is -0.290. The van der Waals surface area contributed by atoms with Crippen LogP contribution >= 0.6 is 23.2 Å². The van der Waals surface area contributed by atoms with Crippen LogP contribution in [-0.2, 0) is 6.42 Å². The van der Waals surface area contributed by atoms with Gasteiger partial charge in [0, 0.05) is 11.6 Å². The Hall–Kier alpha value is -2.56. The zero-order valence-electron chi connectivity index (χ0n) is 18.7. The van der Waals surface area contributed by atoms with Crippen LogP contribution in [0.3, 0.4) is 0 Å². The van der Waals surface area contributed by atoms with E-state index in [4.69, 9.17) is 27.9 Å². The third-order valence-electron chi connectivity index (χ3n) is 6.38. The SMILES string of the molecule is CC1(CCCc2ccc(Oc3ccc(NC(=O)c4ccc(Cl)c(Cl)c4)cn3)cc2)CCCC1. The molecule has 1 saturated carbocycles. The molecule has 1 aromatic heterocycles. The summed E-state index contributed by atoms with van der Waals surface area (Å²) in [4.78, 5) is 16.7. The predicted octanol–water partition coefficient (Wildman–Crippen LogP) is 8.34. The summed E-state index contributed by atoms with van der Waals surface area (Å²) in [6.07, 6.45) is 10.7. The van der Waals surface area contributed by atoms with Crippen molar-refractivity contribution in [1.29, 1.82) is 0 Å². The monoisotopic (exact) mass is 482 g/mol. The molecule has 0 unspecified atom stereocenters. The van der Waals surface area contributed by atoms with Crippen molar-refractivity contribution in [3.63, 3.8) is 0 Å². The van der Waals surface area contributed by atoms with Crippen LogP contribution in [0.4, 0.5) is 5.69 Å². The van der Waals surface area contributed by atoms with E-state index in [2.05, 4.69) is 29.4 Å². The summed E-state index contributed by atoms with van der Waals surface area (Å²) in [5.74, 6) is 0.910. The van der Waals surface area contributed by atoms with Gasteiger partial charge in [-0.05, 0) is 79.5 Å². The van der Waals surface area contributed by atoms with Crippen LogP contribution in [0.25, 0.3) is 0 Å². The number of carbonyl (C=O) groups excluding carboxylic acids is 1. The summed E-state index contributed by atoms with van der Waals surface area (Å²) in [6.45, 7) is 2.44. The molecule has 1 heterocycles. The lowest BCUT2D eigenvalue weighted by molar-refractivity contribution is 0.102. The second kappa shape index (κ2) is 10.6. The number of ether oxygens (including phenoxy) is 1. The molecular formula is C27H28Cl2N2O2. The van der Waals surface area contributed by atoms with Crippen LogP contribution < -0.4 is 10.1 Å². The van der Waals surface area contributed by atoms with Gasteiger partial charge in [-0.2, -0.15) is 0 Å². The summed E-state index contributed by atoms with van der Waals surface area (Å²) < 4.78 is 5.85. The molecule has 0 bridgehead atoms. The van der Waals surface area contributed by atoms with Gasteiger partial charge in [-0.3, -0.25) is 4.79 Å². The minimum Gasteiger partial charge on any atom is -0.439 e. The highest BCUT2D eigenvalue weighted by Crippen LogP contribution is 2.41. The fourth-order valence-electron chi connectivity index (χ4n) is 4.40. The van der Waals surface area contributed by atoms with Gasteiger partial charge in [0.25, 0.3) is 5.91 Å². The number of benzene rings is 2. The first kappa shape index (κ1) is 23.6. The second-order valence-electron chi connectivity index (χ2n) is 9.09. The largest absolute Gasteiger partial charge is 0.439 e. The van der Waals surface area contributed by atoms with Crippen LogP contribution in [0.15, 0.2) is 60.8 Å². The molecule has 0 radical (unpaired) electrons. The molecule has 0 saturated heterocycles. The van der Waals surface area contributed by atoms with Gasteiger partial charge in [-0.15, -0.1) is 0 Å². The number of aryl methyl sites for hydroxylation is 1. The number of hydrogen-bond donors (Lipinski definition) is 1.